The van der Waals surface area contributed by atoms with E-state index in [1.807, 2.05) is 0 Å². The zero-order valence-corrected chi connectivity index (χ0v) is 14.0. The van der Waals surface area contributed by atoms with Gasteiger partial charge in [0.05, 0.1) is 0 Å². The molecule has 0 aliphatic rings. The predicted molar refractivity (Wildman–Crippen MR) is 91.9 cm³/mol. The summed E-state index contributed by atoms with van der Waals surface area (Å²) in [5, 5.41) is 0. The number of hydrogen-bond donors (Lipinski definition) is 1. The summed E-state index contributed by atoms with van der Waals surface area (Å²) in [6, 6.07) is 13.6. The van der Waals surface area contributed by atoms with Gasteiger partial charge in [0.2, 0.25) is 0 Å². The molecule has 0 aromatic heterocycles. The molecule has 1 atom stereocenters. The third kappa shape index (κ3) is 3.74. The molecule has 21 heavy (non-hydrogen) atoms. The molecule has 0 radical (unpaired) electrons. The van der Waals surface area contributed by atoms with Gasteiger partial charge < -0.3 is 5.73 Å². The van der Waals surface area contributed by atoms with Crippen LogP contribution in [-0.2, 0) is 11.8 Å². The molecule has 112 valence electrons. The standard InChI is InChI=1S/C20H27N/c1-14-6-15(2)9-18(8-14)12-20(5,13-21)19-10-16(3)7-17(4)11-19/h6-11H,12-13,21H2,1-5H3. The minimum absolute atomic E-state index is 0.0169. The lowest BCUT2D eigenvalue weighted by molar-refractivity contribution is 0.480. The van der Waals surface area contributed by atoms with Crippen molar-refractivity contribution >= 4 is 0 Å². The van der Waals surface area contributed by atoms with Gasteiger partial charge in [0, 0.05) is 12.0 Å². The second-order valence-electron chi connectivity index (χ2n) is 6.81. The summed E-state index contributed by atoms with van der Waals surface area (Å²) < 4.78 is 0. The Morgan fingerprint density at radius 2 is 1.19 bits per heavy atom. The van der Waals surface area contributed by atoms with Crippen LogP contribution in [0.2, 0.25) is 0 Å². The summed E-state index contributed by atoms with van der Waals surface area (Å²) in [6.07, 6.45) is 0.981. The van der Waals surface area contributed by atoms with Gasteiger partial charge in [-0.2, -0.15) is 0 Å². The lowest BCUT2D eigenvalue weighted by Gasteiger charge is -2.30. The minimum atomic E-state index is -0.0169. The van der Waals surface area contributed by atoms with Crippen molar-refractivity contribution in [3.8, 4) is 0 Å². The topological polar surface area (TPSA) is 26.0 Å². The maximum atomic E-state index is 6.16. The maximum Gasteiger partial charge on any atom is 0.00878 e. The first-order valence-electron chi connectivity index (χ1n) is 7.68. The SMILES string of the molecule is Cc1cc(C)cc(CC(C)(CN)c2cc(C)cc(C)c2)c1. The molecule has 0 spiro atoms. The Balaban J connectivity index is 2.40. The van der Waals surface area contributed by atoms with E-state index in [0.29, 0.717) is 6.54 Å². The first-order valence-corrected chi connectivity index (χ1v) is 7.68. The highest BCUT2D eigenvalue weighted by Gasteiger charge is 2.26. The van der Waals surface area contributed by atoms with Crippen molar-refractivity contribution in [1.82, 2.24) is 0 Å². The van der Waals surface area contributed by atoms with Gasteiger partial charge in [-0.25, -0.2) is 0 Å². The van der Waals surface area contributed by atoms with Crippen LogP contribution >= 0.6 is 0 Å². The molecule has 0 saturated carbocycles. The third-order valence-electron chi connectivity index (χ3n) is 4.24. The van der Waals surface area contributed by atoms with Crippen molar-refractivity contribution < 1.29 is 0 Å². The van der Waals surface area contributed by atoms with Crippen LogP contribution in [0.1, 0.15) is 40.3 Å². The van der Waals surface area contributed by atoms with Gasteiger partial charge in [0.15, 0.2) is 0 Å². The monoisotopic (exact) mass is 281 g/mol. The zero-order chi connectivity index (χ0) is 15.6. The summed E-state index contributed by atoms with van der Waals surface area (Å²) in [5.41, 5.74) is 14.1. The van der Waals surface area contributed by atoms with E-state index in [9.17, 15) is 0 Å². The average Bonchev–Trinajstić information content (AvgIpc) is 2.36. The van der Waals surface area contributed by atoms with Crippen LogP contribution in [0.4, 0.5) is 0 Å². The Labute approximate surface area is 129 Å². The van der Waals surface area contributed by atoms with Crippen LogP contribution in [0.5, 0.6) is 0 Å². The molecule has 0 amide bonds. The van der Waals surface area contributed by atoms with Gasteiger partial charge in [0.25, 0.3) is 0 Å². The fraction of sp³-hybridized carbons (Fsp3) is 0.400. The zero-order valence-electron chi connectivity index (χ0n) is 14.0. The highest BCUT2D eigenvalue weighted by Crippen LogP contribution is 2.29. The van der Waals surface area contributed by atoms with E-state index in [2.05, 4.69) is 71.0 Å². The fourth-order valence-electron chi connectivity index (χ4n) is 3.24. The molecule has 1 heteroatoms. The molecule has 0 fully saturated rings. The van der Waals surface area contributed by atoms with Crippen molar-refractivity contribution in [2.45, 2.75) is 46.5 Å². The van der Waals surface area contributed by atoms with Crippen molar-refractivity contribution in [2.75, 3.05) is 6.54 Å². The van der Waals surface area contributed by atoms with E-state index < -0.39 is 0 Å². The molecule has 0 saturated heterocycles. The molecular weight excluding hydrogens is 254 g/mol. The van der Waals surface area contributed by atoms with Crippen LogP contribution in [0.15, 0.2) is 36.4 Å². The van der Waals surface area contributed by atoms with Gasteiger partial charge in [0.1, 0.15) is 0 Å². The maximum absolute atomic E-state index is 6.16. The average molecular weight is 281 g/mol. The van der Waals surface area contributed by atoms with E-state index in [1.165, 1.54) is 33.4 Å². The highest BCUT2D eigenvalue weighted by molar-refractivity contribution is 5.37. The van der Waals surface area contributed by atoms with Crippen LogP contribution in [-0.4, -0.2) is 6.54 Å². The summed E-state index contributed by atoms with van der Waals surface area (Å²) in [6.45, 7) is 11.6. The number of nitrogens with two attached hydrogens (primary N) is 1. The predicted octanol–water partition coefficient (Wildman–Crippen LogP) is 4.38. The second kappa shape index (κ2) is 6.03. The Bertz CT molecular complexity index is 602. The van der Waals surface area contributed by atoms with Gasteiger partial charge in [-0.3, -0.25) is 0 Å². The molecule has 0 aliphatic carbocycles. The molecular formula is C20H27N. The van der Waals surface area contributed by atoms with Crippen molar-refractivity contribution in [3.05, 3.63) is 69.8 Å². The van der Waals surface area contributed by atoms with Gasteiger partial charge in [-0.05, 0) is 45.2 Å². The minimum Gasteiger partial charge on any atom is -0.330 e. The second-order valence-corrected chi connectivity index (χ2v) is 6.81. The first kappa shape index (κ1) is 15.8. The van der Waals surface area contributed by atoms with Crippen LogP contribution < -0.4 is 5.73 Å². The molecule has 0 aliphatic heterocycles. The number of rotatable bonds is 4. The lowest BCUT2D eigenvalue weighted by atomic mass is 9.76. The summed E-state index contributed by atoms with van der Waals surface area (Å²) in [7, 11) is 0. The summed E-state index contributed by atoms with van der Waals surface area (Å²) in [5.74, 6) is 0. The van der Waals surface area contributed by atoms with Crippen LogP contribution in [0.3, 0.4) is 0 Å². The molecule has 1 unspecified atom stereocenters. The van der Waals surface area contributed by atoms with Gasteiger partial charge >= 0.3 is 0 Å². The molecule has 2 aromatic rings. The van der Waals surface area contributed by atoms with Crippen LogP contribution in [0.25, 0.3) is 0 Å². The fourth-order valence-corrected chi connectivity index (χ4v) is 3.24. The Morgan fingerprint density at radius 1 is 0.762 bits per heavy atom. The third-order valence-corrected chi connectivity index (χ3v) is 4.24. The number of hydrogen-bond acceptors (Lipinski definition) is 1. The van der Waals surface area contributed by atoms with E-state index >= 15 is 0 Å². The van der Waals surface area contributed by atoms with Gasteiger partial charge in [-0.1, -0.05) is 65.6 Å². The largest absolute Gasteiger partial charge is 0.330 e. The molecule has 1 nitrogen and oxygen atoms in total. The highest BCUT2D eigenvalue weighted by atomic mass is 14.6. The van der Waals surface area contributed by atoms with E-state index in [-0.39, 0.29) is 5.41 Å². The molecule has 2 aromatic carbocycles. The van der Waals surface area contributed by atoms with E-state index in [4.69, 9.17) is 5.73 Å². The number of benzene rings is 2. The normalized spacial score (nSPS) is 14.0. The smallest absolute Gasteiger partial charge is 0.00878 e. The Hall–Kier alpha value is -1.60. The molecule has 2 N–H and O–H groups in total. The van der Waals surface area contributed by atoms with Gasteiger partial charge in [-0.15, -0.1) is 0 Å². The summed E-state index contributed by atoms with van der Waals surface area (Å²) >= 11 is 0. The van der Waals surface area contributed by atoms with Crippen molar-refractivity contribution in [1.29, 1.82) is 0 Å². The first-order chi connectivity index (χ1) is 9.82. The Kier molecular flexibility index (Phi) is 4.53. The molecule has 0 bridgehead atoms. The van der Waals surface area contributed by atoms with E-state index in [0.717, 1.165) is 6.42 Å². The van der Waals surface area contributed by atoms with E-state index in [1.54, 1.807) is 0 Å². The van der Waals surface area contributed by atoms with Crippen LogP contribution in [0, 0.1) is 27.7 Å². The quantitative estimate of drug-likeness (QED) is 0.884. The number of aryl methyl sites for hydroxylation is 4. The Morgan fingerprint density at radius 3 is 1.62 bits per heavy atom. The molecule has 2 rings (SSSR count). The lowest BCUT2D eigenvalue weighted by Crippen LogP contribution is -2.34. The molecule has 0 heterocycles. The van der Waals surface area contributed by atoms with Crippen molar-refractivity contribution in [3.63, 3.8) is 0 Å². The summed E-state index contributed by atoms with van der Waals surface area (Å²) in [4.78, 5) is 0. The van der Waals surface area contributed by atoms with Crippen molar-refractivity contribution in [2.24, 2.45) is 5.73 Å².